The highest BCUT2D eigenvalue weighted by molar-refractivity contribution is 6.19. The number of rotatable bonds is 4. The zero-order chi connectivity index (χ0) is 33.5. The molecule has 3 aliphatic rings. The molecule has 0 N–H and O–H groups in total. The molecule has 1 aliphatic heterocycles. The lowest BCUT2D eigenvalue weighted by Gasteiger charge is -2.29. The van der Waals surface area contributed by atoms with Crippen LogP contribution in [-0.2, 0) is 6.42 Å². The van der Waals surface area contributed by atoms with Crippen LogP contribution in [0.1, 0.15) is 29.7 Å². The number of aryl methyl sites for hydroxylation is 1. The Hall–Kier alpha value is -6.32. The third-order valence-corrected chi connectivity index (χ3v) is 11.3. The molecule has 0 fully saturated rings. The van der Waals surface area contributed by atoms with Crippen molar-refractivity contribution in [1.29, 1.82) is 0 Å². The van der Waals surface area contributed by atoms with Gasteiger partial charge in [-0.15, -0.1) is 0 Å². The van der Waals surface area contributed by atoms with Crippen LogP contribution in [0.15, 0.2) is 164 Å². The largest absolute Gasteiger partial charge is 0.333 e. The van der Waals surface area contributed by atoms with Gasteiger partial charge in [-0.05, 0) is 102 Å². The van der Waals surface area contributed by atoms with E-state index in [4.69, 9.17) is 0 Å². The fourth-order valence-corrected chi connectivity index (χ4v) is 9.22. The van der Waals surface area contributed by atoms with Crippen molar-refractivity contribution in [2.75, 3.05) is 4.90 Å². The lowest BCUT2D eigenvalue weighted by Crippen LogP contribution is -2.27. The molecule has 6 aromatic carbocycles. The normalized spacial score (nSPS) is 16.3. The zero-order valence-electron chi connectivity index (χ0n) is 28.2. The third kappa shape index (κ3) is 4.12. The molecule has 8 aromatic rings. The molecule has 3 heterocycles. The fourth-order valence-electron chi connectivity index (χ4n) is 9.22. The summed E-state index contributed by atoms with van der Waals surface area (Å²) in [7, 11) is 0. The Bertz CT molecular complexity index is 2770. The van der Waals surface area contributed by atoms with Crippen LogP contribution in [0, 0.1) is 0 Å². The van der Waals surface area contributed by atoms with E-state index in [2.05, 4.69) is 184 Å². The van der Waals surface area contributed by atoms with E-state index in [-0.39, 0.29) is 6.04 Å². The Kier molecular flexibility index (Phi) is 6.20. The van der Waals surface area contributed by atoms with Gasteiger partial charge >= 0.3 is 0 Å². The summed E-state index contributed by atoms with van der Waals surface area (Å²) in [5.41, 5.74) is 16.8. The van der Waals surface area contributed by atoms with E-state index in [0.29, 0.717) is 0 Å². The molecule has 0 saturated heterocycles. The summed E-state index contributed by atoms with van der Waals surface area (Å²) >= 11 is 0. The molecule has 0 radical (unpaired) electrons. The number of para-hydroxylation sites is 4. The number of allylic oxidation sites excluding steroid dienone is 3. The van der Waals surface area contributed by atoms with Crippen molar-refractivity contribution < 1.29 is 0 Å². The van der Waals surface area contributed by atoms with Crippen LogP contribution >= 0.6 is 0 Å². The molecular formula is C48H35N3. The minimum Gasteiger partial charge on any atom is -0.333 e. The molecule has 242 valence electrons. The summed E-state index contributed by atoms with van der Waals surface area (Å²) in [6.45, 7) is 0. The Morgan fingerprint density at radius 1 is 0.529 bits per heavy atom. The van der Waals surface area contributed by atoms with Gasteiger partial charge in [-0.2, -0.15) is 0 Å². The van der Waals surface area contributed by atoms with Crippen LogP contribution in [0.4, 0.5) is 11.4 Å². The molecule has 1 atom stereocenters. The van der Waals surface area contributed by atoms with Crippen LogP contribution in [0.5, 0.6) is 0 Å². The van der Waals surface area contributed by atoms with Crippen molar-refractivity contribution in [2.24, 2.45) is 0 Å². The van der Waals surface area contributed by atoms with Gasteiger partial charge in [-0.25, -0.2) is 0 Å². The van der Waals surface area contributed by atoms with E-state index >= 15 is 0 Å². The highest BCUT2D eigenvalue weighted by Gasteiger charge is 2.36. The second-order valence-electron chi connectivity index (χ2n) is 13.9. The number of nitrogens with zero attached hydrogens (tertiary/aromatic N) is 3. The van der Waals surface area contributed by atoms with Gasteiger partial charge in [0.15, 0.2) is 0 Å². The Morgan fingerprint density at radius 3 is 2.00 bits per heavy atom. The third-order valence-electron chi connectivity index (χ3n) is 11.3. The molecule has 11 rings (SSSR count). The number of anilines is 2. The predicted octanol–water partition coefficient (Wildman–Crippen LogP) is 12.2. The second kappa shape index (κ2) is 11.1. The lowest BCUT2D eigenvalue weighted by molar-refractivity contribution is 0.827. The minimum absolute atomic E-state index is 0.267. The van der Waals surface area contributed by atoms with Gasteiger partial charge in [0.05, 0.1) is 22.6 Å². The zero-order valence-corrected chi connectivity index (χ0v) is 28.2. The molecule has 0 spiro atoms. The summed E-state index contributed by atoms with van der Waals surface area (Å²) in [4.78, 5) is 2.52. The van der Waals surface area contributed by atoms with Crippen molar-refractivity contribution in [3.63, 3.8) is 0 Å². The van der Waals surface area contributed by atoms with Crippen molar-refractivity contribution in [2.45, 2.75) is 25.3 Å². The van der Waals surface area contributed by atoms with Gasteiger partial charge in [0.1, 0.15) is 0 Å². The number of aromatic nitrogens is 2. The van der Waals surface area contributed by atoms with Crippen LogP contribution in [0.3, 0.4) is 0 Å². The number of hydrogen-bond donors (Lipinski definition) is 0. The van der Waals surface area contributed by atoms with Gasteiger partial charge in [0, 0.05) is 50.2 Å². The first-order valence-corrected chi connectivity index (χ1v) is 18.1. The topological polar surface area (TPSA) is 13.1 Å². The Morgan fingerprint density at radius 2 is 1.18 bits per heavy atom. The standard InChI is InChI=1S/C48H35N3/c1-3-15-32(16-4-1)49-41-24-10-7-19-35(41)40-31-34(29-30-44(40)49)51-43-26-12-9-21-39(43)48-37(23-14-28-46(48)51)36-22-13-27-45-47(36)38-20-8-11-25-42(38)50(45)33-17-5-2-6-18-33/h1-7,9-19,21-29,31,44H,8,20,30H2. The maximum atomic E-state index is 2.52. The Labute approximate surface area is 297 Å². The molecule has 1 unspecified atom stereocenters. The van der Waals surface area contributed by atoms with E-state index in [1.54, 1.807) is 0 Å². The summed E-state index contributed by atoms with van der Waals surface area (Å²) in [6.07, 6.45) is 12.6. The first kappa shape index (κ1) is 28.5. The molecule has 0 saturated carbocycles. The summed E-state index contributed by atoms with van der Waals surface area (Å²) in [6, 6.07) is 53.6. The van der Waals surface area contributed by atoms with Crippen molar-refractivity contribution >= 4 is 61.4 Å². The molecule has 0 amide bonds. The number of hydrogen-bond acceptors (Lipinski definition) is 1. The van der Waals surface area contributed by atoms with Gasteiger partial charge < -0.3 is 14.0 Å². The van der Waals surface area contributed by atoms with Crippen LogP contribution in [-0.4, -0.2) is 15.2 Å². The first-order chi connectivity index (χ1) is 25.3. The van der Waals surface area contributed by atoms with Crippen molar-refractivity contribution in [3.05, 3.63) is 181 Å². The highest BCUT2D eigenvalue weighted by Crippen LogP contribution is 2.50. The van der Waals surface area contributed by atoms with Crippen LogP contribution < -0.4 is 4.90 Å². The lowest BCUT2D eigenvalue weighted by atomic mass is 9.92. The van der Waals surface area contributed by atoms with Crippen molar-refractivity contribution in [1.82, 2.24) is 9.13 Å². The monoisotopic (exact) mass is 653 g/mol. The predicted molar refractivity (Wildman–Crippen MR) is 215 cm³/mol. The maximum Gasteiger partial charge on any atom is 0.0634 e. The van der Waals surface area contributed by atoms with Gasteiger partial charge in [-0.1, -0.05) is 109 Å². The molecular weight excluding hydrogens is 619 g/mol. The number of benzene rings is 6. The molecule has 3 heteroatoms. The Balaban J connectivity index is 1.13. The van der Waals surface area contributed by atoms with Gasteiger partial charge in [-0.3, -0.25) is 0 Å². The van der Waals surface area contributed by atoms with E-state index < -0.39 is 0 Å². The highest BCUT2D eigenvalue weighted by atomic mass is 15.2. The van der Waals surface area contributed by atoms with E-state index in [1.165, 1.54) is 89.0 Å². The second-order valence-corrected chi connectivity index (χ2v) is 13.9. The first-order valence-electron chi connectivity index (χ1n) is 18.1. The molecule has 51 heavy (non-hydrogen) atoms. The van der Waals surface area contributed by atoms with Crippen molar-refractivity contribution in [3.8, 4) is 16.8 Å². The summed E-state index contributed by atoms with van der Waals surface area (Å²) < 4.78 is 4.97. The quantitative estimate of drug-likeness (QED) is 0.184. The van der Waals surface area contributed by atoms with E-state index in [1.807, 2.05) is 0 Å². The molecule has 2 aliphatic carbocycles. The van der Waals surface area contributed by atoms with E-state index in [9.17, 15) is 0 Å². The number of fused-ring (bicyclic) bond motifs is 9. The SMILES string of the molecule is C1=Cc2c(c3c(-c4cccc5c4c4ccccc4n5C4=CCC5C(=C4)c4ccccc4N5c4ccccc4)cccc3n2-c2ccccc2)CC1. The minimum atomic E-state index is 0.267. The fraction of sp³-hybridized carbons (Fsp3) is 0.0833. The average Bonchev–Trinajstić information content (AvgIpc) is 3.84. The van der Waals surface area contributed by atoms with Crippen LogP contribution in [0.2, 0.25) is 0 Å². The maximum absolute atomic E-state index is 2.52. The summed E-state index contributed by atoms with van der Waals surface area (Å²) in [5, 5.41) is 3.97. The molecule has 3 nitrogen and oxygen atoms in total. The van der Waals surface area contributed by atoms with Crippen LogP contribution in [0.25, 0.3) is 66.9 Å². The van der Waals surface area contributed by atoms with Gasteiger partial charge in [0.2, 0.25) is 0 Å². The average molecular weight is 654 g/mol. The van der Waals surface area contributed by atoms with Gasteiger partial charge in [0.25, 0.3) is 0 Å². The smallest absolute Gasteiger partial charge is 0.0634 e. The molecule has 2 aromatic heterocycles. The molecule has 0 bridgehead atoms. The van der Waals surface area contributed by atoms with E-state index in [0.717, 1.165) is 19.3 Å². The summed E-state index contributed by atoms with van der Waals surface area (Å²) in [5.74, 6) is 0.